The Hall–Kier alpha value is -0.260. The molecule has 0 unspecified atom stereocenters. The lowest BCUT2D eigenvalue weighted by Crippen LogP contribution is -1.84. The first-order valence-electron chi connectivity index (χ1n) is 4.42. The minimum absolute atomic E-state index is 0.870. The fourth-order valence-corrected chi connectivity index (χ4v) is 0.928. The summed E-state index contributed by atoms with van der Waals surface area (Å²) >= 11 is 0. The first-order chi connectivity index (χ1) is 4.77. The molecule has 0 aliphatic heterocycles. The van der Waals surface area contributed by atoms with Gasteiger partial charge < -0.3 is 0 Å². The molecule has 0 heteroatoms. The average Bonchev–Trinajstić information content (AvgIpc) is 1.87. The Balaban J connectivity index is 2.97. The summed E-state index contributed by atoms with van der Waals surface area (Å²) in [6.07, 6.45) is 9.72. The van der Waals surface area contributed by atoms with E-state index in [0.29, 0.717) is 0 Å². The van der Waals surface area contributed by atoms with Crippen molar-refractivity contribution in [3.8, 4) is 0 Å². The number of rotatable bonds is 5. The van der Waals surface area contributed by atoms with Crippen LogP contribution in [-0.2, 0) is 0 Å². The van der Waals surface area contributed by atoms with E-state index in [9.17, 15) is 0 Å². The van der Waals surface area contributed by atoms with Crippen molar-refractivity contribution in [2.75, 3.05) is 0 Å². The van der Waals surface area contributed by atoms with Gasteiger partial charge in [0, 0.05) is 0 Å². The van der Waals surface area contributed by atoms with Crippen LogP contribution in [0.25, 0.3) is 0 Å². The Morgan fingerprint density at radius 3 is 2.40 bits per heavy atom. The largest absolute Gasteiger partial charge is 0.0888 e. The van der Waals surface area contributed by atoms with Gasteiger partial charge in [-0.1, -0.05) is 39.3 Å². The van der Waals surface area contributed by atoms with Crippen LogP contribution in [0.4, 0.5) is 0 Å². The molecule has 0 aliphatic carbocycles. The maximum atomic E-state index is 2.29. The molecule has 0 nitrogen and oxygen atoms in total. The lowest BCUT2D eigenvalue weighted by molar-refractivity contribution is 0.559. The van der Waals surface area contributed by atoms with Crippen molar-refractivity contribution in [3.05, 3.63) is 12.2 Å². The molecule has 0 aromatic carbocycles. The van der Waals surface area contributed by atoms with Gasteiger partial charge in [0.15, 0.2) is 0 Å². The summed E-state index contributed by atoms with van der Waals surface area (Å²) in [4.78, 5) is 0. The van der Waals surface area contributed by atoms with Gasteiger partial charge >= 0.3 is 0 Å². The summed E-state index contributed by atoms with van der Waals surface area (Å²) in [6, 6.07) is 0. The lowest BCUT2D eigenvalue weighted by atomic mass is 10.1. The van der Waals surface area contributed by atoms with E-state index >= 15 is 0 Å². The predicted molar refractivity (Wildman–Crippen MR) is 48.1 cm³/mol. The van der Waals surface area contributed by atoms with Gasteiger partial charge in [-0.15, -0.1) is 0 Å². The second-order valence-electron chi connectivity index (χ2n) is 3.20. The van der Waals surface area contributed by atoms with Crippen molar-refractivity contribution in [2.45, 2.75) is 46.5 Å². The fraction of sp³-hybridized carbons (Fsp3) is 0.800. The monoisotopic (exact) mass is 140 g/mol. The van der Waals surface area contributed by atoms with Crippen LogP contribution in [0.3, 0.4) is 0 Å². The topological polar surface area (TPSA) is 0 Å². The third-order valence-electron chi connectivity index (χ3n) is 1.55. The van der Waals surface area contributed by atoms with Crippen LogP contribution in [-0.4, -0.2) is 0 Å². The Labute approximate surface area is 65.3 Å². The Kier molecular flexibility index (Phi) is 6.68. The number of allylic oxidation sites excluding steroid dienone is 2. The van der Waals surface area contributed by atoms with Crippen LogP contribution in [0.5, 0.6) is 0 Å². The van der Waals surface area contributed by atoms with E-state index in [1.807, 2.05) is 0 Å². The van der Waals surface area contributed by atoms with Crippen LogP contribution in [0.15, 0.2) is 12.2 Å². The molecule has 10 heavy (non-hydrogen) atoms. The molecule has 0 atom stereocenters. The third-order valence-corrected chi connectivity index (χ3v) is 1.55. The molecule has 0 saturated carbocycles. The molecule has 0 amide bonds. The van der Waals surface area contributed by atoms with Gasteiger partial charge in [-0.3, -0.25) is 0 Å². The maximum Gasteiger partial charge on any atom is -0.0351 e. The fourth-order valence-electron chi connectivity index (χ4n) is 0.928. The van der Waals surface area contributed by atoms with Crippen molar-refractivity contribution in [3.63, 3.8) is 0 Å². The second-order valence-corrected chi connectivity index (χ2v) is 3.20. The highest BCUT2D eigenvalue weighted by Gasteiger charge is 1.90. The highest BCUT2D eigenvalue weighted by atomic mass is 14.0. The summed E-state index contributed by atoms with van der Waals surface area (Å²) in [6.45, 7) is 6.74. The first-order valence-corrected chi connectivity index (χ1v) is 4.42. The number of unbranched alkanes of at least 4 members (excludes halogenated alkanes) is 1. The Bertz CT molecular complexity index is 80.0. The second kappa shape index (κ2) is 6.85. The van der Waals surface area contributed by atoms with Crippen molar-refractivity contribution >= 4 is 0 Å². The summed E-state index contributed by atoms with van der Waals surface area (Å²) < 4.78 is 0. The Morgan fingerprint density at radius 2 is 1.90 bits per heavy atom. The summed E-state index contributed by atoms with van der Waals surface area (Å²) in [5, 5.41) is 0. The zero-order valence-electron chi connectivity index (χ0n) is 7.56. The highest BCUT2D eigenvalue weighted by Crippen LogP contribution is 2.06. The smallest absolute Gasteiger partial charge is 0.0351 e. The molecule has 0 aliphatic rings. The van der Waals surface area contributed by atoms with Gasteiger partial charge in [-0.05, 0) is 25.2 Å². The SMILES string of the molecule is CC/C=C/CCCC(C)C. The van der Waals surface area contributed by atoms with Crippen LogP contribution in [0, 0.1) is 5.92 Å². The van der Waals surface area contributed by atoms with Crippen LogP contribution in [0.2, 0.25) is 0 Å². The minimum Gasteiger partial charge on any atom is -0.0888 e. The van der Waals surface area contributed by atoms with E-state index in [1.54, 1.807) is 0 Å². The third kappa shape index (κ3) is 7.74. The van der Waals surface area contributed by atoms with Crippen molar-refractivity contribution in [1.82, 2.24) is 0 Å². The van der Waals surface area contributed by atoms with Crippen LogP contribution >= 0.6 is 0 Å². The van der Waals surface area contributed by atoms with Gasteiger partial charge in [0.2, 0.25) is 0 Å². The minimum atomic E-state index is 0.870. The van der Waals surface area contributed by atoms with Gasteiger partial charge in [0.1, 0.15) is 0 Å². The predicted octanol–water partition coefficient (Wildman–Crippen LogP) is 3.78. The molecule has 0 bridgehead atoms. The van der Waals surface area contributed by atoms with E-state index < -0.39 is 0 Å². The molecule has 0 radical (unpaired) electrons. The summed E-state index contributed by atoms with van der Waals surface area (Å²) in [5.41, 5.74) is 0. The van der Waals surface area contributed by atoms with Gasteiger partial charge in [-0.25, -0.2) is 0 Å². The maximum absolute atomic E-state index is 2.29. The standard InChI is InChI=1S/C10H20/c1-4-5-6-7-8-9-10(2)3/h5-6,10H,4,7-9H2,1-3H3/b6-5+. The van der Waals surface area contributed by atoms with E-state index in [4.69, 9.17) is 0 Å². The zero-order valence-corrected chi connectivity index (χ0v) is 7.56. The Morgan fingerprint density at radius 1 is 1.20 bits per heavy atom. The number of hydrogen-bond acceptors (Lipinski definition) is 0. The molecular weight excluding hydrogens is 120 g/mol. The first kappa shape index (κ1) is 9.74. The quantitative estimate of drug-likeness (QED) is 0.402. The zero-order chi connectivity index (χ0) is 7.82. The molecular formula is C10H20. The van der Waals surface area contributed by atoms with Crippen molar-refractivity contribution in [1.29, 1.82) is 0 Å². The molecule has 0 fully saturated rings. The van der Waals surface area contributed by atoms with E-state index in [1.165, 1.54) is 25.7 Å². The summed E-state index contributed by atoms with van der Waals surface area (Å²) in [5.74, 6) is 0.870. The van der Waals surface area contributed by atoms with Crippen molar-refractivity contribution < 1.29 is 0 Å². The molecule has 0 spiro atoms. The van der Waals surface area contributed by atoms with E-state index in [0.717, 1.165) is 5.92 Å². The summed E-state index contributed by atoms with van der Waals surface area (Å²) in [7, 11) is 0. The molecule has 0 aromatic heterocycles. The van der Waals surface area contributed by atoms with Crippen LogP contribution < -0.4 is 0 Å². The van der Waals surface area contributed by atoms with Gasteiger partial charge in [-0.2, -0.15) is 0 Å². The van der Waals surface area contributed by atoms with Gasteiger partial charge in [0.25, 0.3) is 0 Å². The van der Waals surface area contributed by atoms with Gasteiger partial charge in [0.05, 0.1) is 0 Å². The lowest BCUT2D eigenvalue weighted by Gasteiger charge is -2.00. The molecule has 0 heterocycles. The molecule has 60 valence electrons. The average molecular weight is 140 g/mol. The molecule has 0 rings (SSSR count). The molecule has 0 aromatic rings. The van der Waals surface area contributed by atoms with E-state index in [2.05, 4.69) is 32.9 Å². The molecule has 0 N–H and O–H groups in total. The van der Waals surface area contributed by atoms with E-state index in [-0.39, 0.29) is 0 Å². The normalized spacial score (nSPS) is 11.6. The highest BCUT2D eigenvalue weighted by molar-refractivity contribution is 4.79. The van der Waals surface area contributed by atoms with Crippen molar-refractivity contribution in [2.24, 2.45) is 5.92 Å². The number of hydrogen-bond donors (Lipinski definition) is 0. The molecule has 0 saturated heterocycles. The van der Waals surface area contributed by atoms with Crippen LogP contribution in [0.1, 0.15) is 46.5 Å².